The van der Waals surface area contributed by atoms with Crippen molar-refractivity contribution in [1.82, 2.24) is 14.4 Å². The smallest absolute Gasteiger partial charge is 0.471 e. The van der Waals surface area contributed by atoms with E-state index in [-0.39, 0.29) is 24.2 Å². The third kappa shape index (κ3) is 4.59. The van der Waals surface area contributed by atoms with Crippen molar-refractivity contribution in [3.63, 3.8) is 0 Å². The van der Waals surface area contributed by atoms with Gasteiger partial charge in [0.2, 0.25) is 15.8 Å². The summed E-state index contributed by atoms with van der Waals surface area (Å²) in [6, 6.07) is 6.17. The summed E-state index contributed by atoms with van der Waals surface area (Å²) in [6.45, 7) is 2.50. The fourth-order valence-corrected chi connectivity index (χ4v) is 4.32. The van der Waals surface area contributed by atoms with Crippen LogP contribution in [0.3, 0.4) is 0 Å². The Labute approximate surface area is 154 Å². The van der Waals surface area contributed by atoms with E-state index in [2.05, 4.69) is 14.7 Å². The number of hydrogen-bond acceptors (Lipinski definition) is 6. The zero-order valence-electron chi connectivity index (χ0n) is 14.4. The lowest BCUT2D eigenvalue weighted by atomic mass is 10.2. The van der Waals surface area contributed by atoms with Crippen LogP contribution in [0.15, 0.2) is 28.8 Å². The van der Waals surface area contributed by atoms with E-state index in [1.165, 1.54) is 16.4 Å². The molecule has 1 atom stereocenters. The highest BCUT2D eigenvalue weighted by molar-refractivity contribution is 7.89. The van der Waals surface area contributed by atoms with Crippen molar-refractivity contribution >= 4 is 10.0 Å². The predicted octanol–water partition coefficient (Wildman–Crippen LogP) is 2.95. The first-order valence-corrected chi connectivity index (χ1v) is 9.96. The lowest BCUT2D eigenvalue weighted by Crippen LogP contribution is -2.32. The van der Waals surface area contributed by atoms with E-state index >= 15 is 0 Å². The molecule has 1 aromatic heterocycles. The third-order valence-corrected chi connectivity index (χ3v) is 6.09. The molecule has 0 radical (unpaired) electrons. The van der Waals surface area contributed by atoms with Gasteiger partial charge in [0, 0.05) is 12.1 Å². The predicted molar refractivity (Wildman–Crippen MR) is 89.4 cm³/mol. The molecule has 0 bridgehead atoms. The largest absolute Gasteiger partial charge is 0.489 e. The first-order chi connectivity index (χ1) is 12.7. The molecule has 3 rings (SSSR count). The highest BCUT2D eigenvalue weighted by atomic mass is 32.2. The Hall–Kier alpha value is -2.14. The third-order valence-electron chi connectivity index (χ3n) is 4.05. The van der Waals surface area contributed by atoms with Crippen LogP contribution in [0.2, 0.25) is 0 Å². The van der Waals surface area contributed by atoms with Gasteiger partial charge in [-0.25, -0.2) is 8.42 Å². The van der Waals surface area contributed by atoms with Crippen LogP contribution in [0.5, 0.6) is 5.75 Å². The van der Waals surface area contributed by atoms with Crippen LogP contribution in [-0.4, -0.2) is 47.8 Å². The second kappa shape index (κ2) is 7.47. The van der Waals surface area contributed by atoms with Gasteiger partial charge >= 0.3 is 12.1 Å². The Kier molecular flexibility index (Phi) is 5.43. The standard InChI is InChI=1S/C16H18F3N3O4S/c1-2-9-27(23,24)22-8-7-13(10-22)25-12-5-3-11(4-6-12)14-20-15(26-21-14)16(17,18)19/h3-6,13H,2,7-10H2,1H3/t13-/m1/s1. The van der Waals surface area contributed by atoms with E-state index in [1.807, 2.05) is 6.92 Å². The van der Waals surface area contributed by atoms with Gasteiger partial charge in [0.15, 0.2) is 0 Å². The lowest BCUT2D eigenvalue weighted by molar-refractivity contribution is -0.159. The van der Waals surface area contributed by atoms with E-state index in [0.29, 0.717) is 30.7 Å². The van der Waals surface area contributed by atoms with Gasteiger partial charge in [-0.05, 0) is 37.1 Å². The van der Waals surface area contributed by atoms with Crippen molar-refractivity contribution < 1.29 is 30.8 Å². The molecule has 0 N–H and O–H groups in total. The van der Waals surface area contributed by atoms with Gasteiger partial charge < -0.3 is 9.26 Å². The lowest BCUT2D eigenvalue weighted by Gasteiger charge is -2.17. The van der Waals surface area contributed by atoms with Crippen molar-refractivity contribution in [2.24, 2.45) is 0 Å². The van der Waals surface area contributed by atoms with Gasteiger partial charge in [-0.3, -0.25) is 0 Å². The van der Waals surface area contributed by atoms with Gasteiger partial charge in [0.25, 0.3) is 0 Å². The highest BCUT2D eigenvalue weighted by Crippen LogP contribution is 2.30. The van der Waals surface area contributed by atoms with E-state index in [0.717, 1.165) is 0 Å². The summed E-state index contributed by atoms with van der Waals surface area (Å²) in [4.78, 5) is 3.32. The molecule has 7 nitrogen and oxygen atoms in total. The van der Waals surface area contributed by atoms with Crippen LogP contribution >= 0.6 is 0 Å². The first-order valence-electron chi connectivity index (χ1n) is 8.35. The zero-order chi connectivity index (χ0) is 19.7. The second-order valence-electron chi connectivity index (χ2n) is 6.15. The Morgan fingerprint density at radius 3 is 2.59 bits per heavy atom. The normalized spacial score (nSPS) is 18.7. The molecule has 1 aliphatic rings. The maximum Gasteiger partial charge on any atom is 0.471 e. The van der Waals surface area contributed by atoms with Crippen molar-refractivity contribution in [3.05, 3.63) is 30.2 Å². The van der Waals surface area contributed by atoms with Crippen molar-refractivity contribution in [1.29, 1.82) is 0 Å². The number of hydrogen-bond donors (Lipinski definition) is 0. The summed E-state index contributed by atoms with van der Waals surface area (Å²) in [6.07, 6.45) is -3.84. The summed E-state index contributed by atoms with van der Waals surface area (Å²) in [5.74, 6) is -0.985. The number of rotatable bonds is 6. The topological polar surface area (TPSA) is 85.5 Å². The molecule has 0 spiro atoms. The molecule has 11 heteroatoms. The van der Waals surface area contributed by atoms with E-state index in [1.54, 1.807) is 12.1 Å². The molecule has 0 amide bonds. The van der Waals surface area contributed by atoms with E-state index < -0.39 is 22.1 Å². The summed E-state index contributed by atoms with van der Waals surface area (Å²) >= 11 is 0. The first kappa shape index (κ1) is 19.6. The quantitative estimate of drug-likeness (QED) is 0.735. The molecule has 0 saturated carbocycles. The average molecular weight is 405 g/mol. The van der Waals surface area contributed by atoms with Gasteiger partial charge in [-0.2, -0.15) is 22.5 Å². The molecule has 148 valence electrons. The fourth-order valence-electron chi connectivity index (χ4n) is 2.76. The number of benzene rings is 1. The summed E-state index contributed by atoms with van der Waals surface area (Å²) < 4.78 is 73.1. The molecule has 1 fully saturated rings. The maximum absolute atomic E-state index is 12.5. The van der Waals surface area contributed by atoms with Crippen LogP contribution < -0.4 is 4.74 Å². The van der Waals surface area contributed by atoms with Crippen molar-refractivity contribution in [3.8, 4) is 17.1 Å². The van der Waals surface area contributed by atoms with Crippen LogP contribution in [0.4, 0.5) is 13.2 Å². The number of alkyl halides is 3. The molecular formula is C16H18F3N3O4S. The van der Waals surface area contributed by atoms with E-state index in [4.69, 9.17) is 4.74 Å². The number of halogens is 3. The average Bonchev–Trinajstić information content (AvgIpc) is 3.25. The minimum atomic E-state index is -4.69. The van der Waals surface area contributed by atoms with Crippen LogP contribution in [0.25, 0.3) is 11.4 Å². The Morgan fingerprint density at radius 2 is 2.00 bits per heavy atom. The number of nitrogens with zero attached hydrogens (tertiary/aromatic N) is 3. The summed E-state index contributed by atoms with van der Waals surface area (Å²) in [7, 11) is -3.25. The van der Waals surface area contributed by atoms with Gasteiger partial charge in [-0.1, -0.05) is 12.1 Å². The maximum atomic E-state index is 12.5. The van der Waals surface area contributed by atoms with Crippen molar-refractivity contribution in [2.75, 3.05) is 18.8 Å². The Balaban J connectivity index is 1.63. The van der Waals surface area contributed by atoms with Gasteiger partial charge in [0.05, 0.1) is 12.3 Å². The van der Waals surface area contributed by atoms with Gasteiger partial charge in [-0.15, -0.1) is 0 Å². The van der Waals surface area contributed by atoms with Crippen LogP contribution in [0, 0.1) is 0 Å². The molecule has 27 heavy (non-hydrogen) atoms. The Morgan fingerprint density at radius 1 is 1.30 bits per heavy atom. The molecule has 2 aromatic rings. The summed E-state index contributed by atoms with van der Waals surface area (Å²) in [5, 5.41) is 3.32. The minimum Gasteiger partial charge on any atom is -0.489 e. The van der Waals surface area contributed by atoms with Crippen molar-refractivity contribution in [2.45, 2.75) is 32.0 Å². The molecule has 0 unspecified atom stereocenters. The van der Waals surface area contributed by atoms with Crippen LogP contribution in [0.1, 0.15) is 25.7 Å². The molecule has 1 aromatic carbocycles. The number of aromatic nitrogens is 2. The minimum absolute atomic E-state index is 0.110. The Bertz CT molecular complexity index is 881. The number of sulfonamides is 1. The SMILES string of the molecule is CCCS(=O)(=O)N1CC[C@@H](Oc2ccc(-c3noc(C(F)(F)F)n3)cc2)C1. The zero-order valence-corrected chi connectivity index (χ0v) is 15.3. The number of ether oxygens (including phenoxy) is 1. The highest BCUT2D eigenvalue weighted by Gasteiger charge is 2.38. The van der Waals surface area contributed by atoms with E-state index in [9.17, 15) is 21.6 Å². The monoisotopic (exact) mass is 405 g/mol. The molecular weight excluding hydrogens is 387 g/mol. The molecule has 1 aliphatic heterocycles. The fraction of sp³-hybridized carbons (Fsp3) is 0.500. The summed E-state index contributed by atoms with van der Waals surface area (Å²) in [5.41, 5.74) is 0.347. The molecule has 1 saturated heterocycles. The van der Waals surface area contributed by atoms with Crippen LogP contribution in [-0.2, 0) is 16.2 Å². The molecule has 2 heterocycles. The molecule has 0 aliphatic carbocycles. The second-order valence-corrected chi connectivity index (χ2v) is 8.24. The van der Waals surface area contributed by atoms with Gasteiger partial charge in [0.1, 0.15) is 11.9 Å².